The van der Waals surface area contributed by atoms with Gasteiger partial charge >= 0.3 is 0 Å². The molecule has 0 aromatic rings. The minimum absolute atomic E-state index is 0.123. The summed E-state index contributed by atoms with van der Waals surface area (Å²) in [6, 6.07) is 0. The Morgan fingerprint density at radius 1 is 1.64 bits per heavy atom. The van der Waals surface area contributed by atoms with Gasteiger partial charge in [0.1, 0.15) is 0 Å². The van der Waals surface area contributed by atoms with Crippen molar-refractivity contribution in [2.75, 3.05) is 26.7 Å². The molecule has 0 aromatic heterocycles. The summed E-state index contributed by atoms with van der Waals surface area (Å²) in [4.78, 5) is 6.43. The molecule has 0 saturated heterocycles. The Morgan fingerprint density at radius 3 is 2.64 bits per heavy atom. The molecule has 1 rings (SSSR count). The van der Waals surface area contributed by atoms with Crippen LogP contribution in [0.25, 0.3) is 0 Å². The Morgan fingerprint density at radius 2 is 2.29 bits per heavy atom. The van der Waals surface area contributed by atoms with Crippen LogP contribution >= 0.6 is 0 Å². The fourth-order valence-corrected chi connectivity index (χ4v) is 1.29. The number of aliphatic imine (C=N–C) groups is 1. The van der Waals surface area contributed by atoms with Gasteiger partial charge in [-0.25, -0.2) is 0 Å². The van der Waals surface area contributed by atoms with E-state index in [-0.39, 0.29) is 12.1 Å². The Balaban J connectivity index is 2.65. The van der Waals surface area contributed by atoms with Gasteiger partial charge in [-0.15, -0.1) is 0 Å². The van der Waals surface area contributed by atoms with Crippen LogP contribution in [0.1, 0.15) is 20.8 Å². The van der Waals surface area contributed by atoms with Crippen LogP contribution in [0.2, 0.25) is 0 Å². The van der Waals surface area contributed by atoms with E-state index in [0.29, 0.717) is 5.92 Å². The monoisotopic (exact) mass is 199 g/mol. The second kappa shape index (κ2) is 4.17. The van der Waals surface area contributed by atoms with Crippen molar-refractivity contribution >= 4 is 5.96 Å². The summed E-state index contributed by atoms with van der Waals surface area (Å²) < 4.78 is 0. The second-order valence-electron chi connectivity index (χ2n) is 4.48. The molecule has 1 heterocycles. The van der Waals surface area contributed by atoms with Gasteiger partial charge in [0.15, 0.2) is 5.96 Å². The normalized spacial score (nSPS) is 21.0. The molecule has 1 aliphatic rings. The number of guanidine groups is 1. The van der Waals surface area contributed by atoms with Gasteiger partial charge in [0.2, 0.25) is 0 Å². The Kier molecular flexibility index (Phi) is 3.37. The molecule has 0 amide bonds. The first-order chi connectivity index (χ1) is 6.49. The lowest BCUT2D eigenvalue weighted by Gasteiger charge is -2.35. The number of hydrogen-bond acceptors (Lipinski definition) is 4. The molecular formula is C10H21N3O. The Bertz CT molecular complexity index is 227. The van der Waals surface area contributed by atoms with Crippen molar-refractivity contribution < 1.29 is 5.11 Å². The van der Waals surface area contributed by atoms with Crippen LogP contribution in [0.15, 0.2) is 4.99 Å². The van der Waals surface area contributed by atoms with Crippen LogP contribution in [-0.2, 0) is 0 Å². The summed E-state index contributed by atoms with van der Waals surface area (Å²) >= 11 is 0. The van der Waals surface area contributed by atoms with E-state index in [4.69, 9.17) is 0 Å². The van der Waals surface area contributed by atoms with Crippen molar-refractivity contribution in [3.63, 3.8) is 0 Å². The quantitative estimate of drug-likeness (QED) is 0.686. The highest BCUT2D eigenvalue weighted by Gasteiger charge is 2.30. The molecule has 14 heavy (non-hydrogen) atoms. The first-order valence-electron chi connectivity index (χ1n) is 5.14. The first-order valence-corrected chi connectivity index (χ1v) is 5.14. The van der Waals surface area contributed by atoms with Crippen LogP contribution in [-0.4, -0.2) is 48.2 Å². The van der Waals surface area contributed by atoms with Crippen LogP contribution < -0.4 is 5.32 Å². The summed E-state index contributed by atoms with van der Waals surface area (Å²) in [6.45, 7) is 8.14. The molecule has 2 N–H and O–H groups in total. The van der Waals surface area contributed by atoms with Crippen molar-refractivity contribution in [1.82, 2.24) is 10.2 Å². The lowest BCUT2D eigenvalue weighted by Crippen LogP contribution is -2.55. The minimum Gasteiger partial charge on any atom is -0.394 e. The molecule has 4 nitrogen and oxygen atoms in total. The molecular weight excluding hydrogens is 178 g/mol. The van der Waals surface area contributed by atoms with Crippen molar-refractivity contribution in [2.45, 2.75) is 26.3 Å². The summed E-state index contributed by atoms with van der Waals surface area (Å²) in [6.07, 6.45) is 0. The molecule has 1 unspecified atom stereocenters. The summed E-state index contributed by atoms with van der Waals surface area (Å²) in [7, 11) is 2.01. The van der Waals surface area contributed by atoms with Crippen LogP contribution in [0.4, 0.5) is 0 Å². The molecule has 1 atom stereocenters. The molecule has 0 fully saturated rings. The topological polar surface area (TPSA) is 47.9 Å². The van der Waals surface area contributed by atoms with Gasteiger partial charge in [0.25, 0.3) is 0 Å². The predicted octanol–water partition coefficient (Wildman–Crippen LogP) is 0.284. The average molecular weight is 199 g/mol. The smallest absolute Gasteiger partial charge is 0.194 e. The van der Waals surface area contributed by atoms with Gasteiger partial charge < -0.3 is 15.3 Å². The zero-order valence-electron chi connectivity index (χ0n) is 9.54. The van der Waals surface area contributed by atoms with E-state index in [1.54, 1.807) is 0 Å². The predicted molar refractivity (Wildman–Crippen MR) is 58.4 cm³/mol. The fraction of sp³-hybridized carbons (Fsp3) is 0.900. The fourth-order valence-electron chi connectivity index (χ4n) is 1.29. The molecule has 0 aromatic carbocycles. The Hall–Kier alpha value is -0.770. The van der Waals surface area contributed by atoms with Gasteiger partial charge in [-0.3, -0.25) is 4.99 Å². The number of likely N-dealkylation sites (N-methyl/N-ethyl adjacent to an activating group) is 1. The molecule has 82 valence electrons. The van der Waals surface area contributed by atoms with Crippen molar-refractivity contribution in [3.05, 3.63) is 0 Å². The highest BCUT2D eigenvalue weighted by atomic mass is 16.3. The molecule has 1 aliphatic heterocycles. The third-order valence-electron chi connectivity index (χ3n) is 3.06. The Labute approximate surface area is 86.0 Å². The maximum Gasteiger partial charge on any atom is 0.194 e. The number of rotatable bonds is 3. The van der Waals surface area contributed by atoms with Crippen LogP contribution in [0.3, 0.4) is 0 Å². The van der Waals surface area contributed by atoms with E-state index >= 15 is 0 Å². The number of nitrogens with zero attached hydrogens (tertiary/aromatic N) is 2. The minimum atomic E-state index is -0.280. The third kappa shape index (κ3) is 2.18. The largest absolute Gasteiger partial charge is 0.394 e. The van der Waals surface area contributed by atoms with Gasteiger partial charge in [0, 0.05) is 13.6 Å². The van der Waals surface area contributed by atoms with Crippen LogP contribution in [0, 0.1) is 5.92 Å². The second-order valence-corrected chi connectivity index (χ2v) is 4.48. The molecule has 4 heteroatoms. The van der Waals surface area contributed by atoms with E-state index < -0.39 is 0 Å². The highest BCUT2D eigenvalue weighted by Crippen LogP contribution is 2.16. The standard InChI is InChI=1S/C10H21N3O/c1-8(2)10(3,7-14)12-9-11-5-6-13(9)4/h8,14H,5-7H2,1-4H3,(H,11,12). The summed E-state index contributed by atoms with van der Waals surface area (Å²) in [5, 5.41) is 12.7. The zero-order chi connectivity index (χ0) is 10.8. The van der Waals surface area contributed by atoms with Crippen molar-refractivity contribution in [2.24, 2.45) is 10.9 Å². The van der Waals surface area contributed by atoms with Crippen LogP contribution in [0.5, 0.6) is 0 Å². The highest BCUT2D eigenvalue weighted by molar-refractivity contribution is 5.81. The molecule has 0 spiro atoms. The molecule has 0 radical (unpaired) electrons. The van der Waals surface area contributed by atoms with Gasteiger partial charge in [-0.1, -0.05) is 13.8 Å². The SMILES string of the molecule is CC(C)C(C)(CO)NC1=NCCN1C. The number of aliphatic hydroxyl groups excluding tert-OH is 1. The zero-order valence-corrected chi connectivity index (χ0v) is 9.54. The first kappa shape index (κ1) is 11.3. The van der Waals surface area contributed by atoms with Crippen molar-refractivity contribution in [3.8, 4) is 0 Å². The molecule has 0 aliphatic carbocycles. The van der Waals surface area contributed by atoms with E-state index in [9.17, 15) is 5.11 Å². The third-order valence-corrected chi connectivity index (χ3v) is 3.06. The lowest BCUT2D eigenvalue weighted by atomic mass is 9.89. The number of nitrogens with one attached hydrogen (secondary N) is 1. The van der Waals surface area contributed by atoms with Crippen molar-refractivity contribution in [1.29, 1.82) is 0 Å². The van der Waals surface area contributed by atoms with E-state index in [2.05, 4.69) is 29.1 Å². The molecule has 0 saturated carbocycles. The average Bonchev–Trinajstić information content (AvgIpc) is 2.51. The van der Waals surface area contributed by atoms with Gasteiger partial charge in [-0.2, -0.15) is 0 Å². The lowest BCUT2D eigenvalue weighted by molar-refractivity contribution is 0.149. The molecule has 0 bridgehead atoms. The number of aliphatic hydroxyl groups is 1. The summed E-state index contributed by atoms with van der Waals surface area (Å²) in [5.74, 6) is 1.26. The van der Waals surface area contributed by atoms with Gasteiger partial charge in [0.05, 0.1) is 18.7 Å². The van der Waals surface area contributed by atoms with E-state index in [1.807, 2.05) is 14.0 Å². The maximum atomic E-state index is 9.37. The maximum absolute atomic E-state index is 9.37. The number of hydrogen-bond donors (Lipinski definition) is 2. The van der Waals surface area contributed by atoms with E-state index in [1.165, 1.54) is 0 Å². The summed E-state index contributed by atoms with van der Waals surface area (Å²) in [5.41, 5.74) is -0.280. The van der Waals surface area contributed by atoms with E-state index in [0.717, 1.165) is 19.0 Å². The van der Waals surface area contributed by atoms with Gasteiger partial charge in [-0.05, 0) is 12.8 Å².